The number of hydrogen-bond acceptors (Lipinski definition) is 4. The molecule has 6 aromatic carbocycles. The van der Waals surface area contributed by atoms with Gasteiger partial charge in [0.2, 0.25) is 0 Å². The second-order valence-corrected chi connectivity index (χ2v) is 12.7. The van der Waals surface area contributed by atoms with E-state index in [1.165, 1.54) is 22.5 Å². The fourth-order valence-electron chi connectivity index (χ4n) is 7.08. The molecule has 47 heavy (non-hydrogen) atoms. The van der Waals surface area contributed by atoms with Gasteiger partial charge in [-0.25, -0.2) is 9.97 Å². The molecule has 3 heterocycles. The highest BCUT2D eigenvalue weighted by molar-refractivity contribution is 6.08. The minimum atomic E-state index is -0.113. The minimum absolute atomic E-state index is 0.113. The smallest absolute Gasteiger partial charge is 0.160 e. The van der Waals surface area contributed by atoms with E-state index in [0.29, 0.717) is 5.82 Å². The van der Waals surface area contributed by atoms with Gasteiger partial charge in [0.25, 0.3) is 0 Å². The van der Waals surface area contributed by atoms with Crippen LogP contribution in [0.4, 0.5) is 17.1 Å². The van der Waals surface area contributed by atoms with Crippen molar-refractivity contribution in [2.45, 2.75) is 19.3 Å². The normalized spacial score (nSPS) is 13.4. The van der Waals surface area contributed by atoms with Crippen LogP contribution in [-0.2, 0) is 5.41 Å². The molecular weight excluding hydrogens is 574 g/mol. The largest absolute Gasteiger partial charge is 0.456 e. The number of hydrogen-bond donors (Lipinski definition) is 0. The van der Waals surface area contributed by atoms with E-state index in [1.807, 2.05) is 42.5 Å². The predicted molar refractivity (Wildman–Crippen MR) is 192 cm³/mol. The molecule has 0 N–H and O–H groups in total. The molecule has 4 heteroatoms. The van der Waals surface area contributed by atoms with Gasteiger partial charge in [0.15, 0.2) is 5.82 Å². The van der Waals surface area contributed by atoms with Crippen molar-refractivity contribution in [3.05, 3.63) is 163 Å². The summed E-state index contributed by atoms with van der Waals surface area (Å²) in [5.74, 6) is 0.679. The van der Waals surface area contributed by atoms with Crippen molar-refractivity contribution in [2.75, 3.05) is 4.90 Å². The molecule has 2 aromatic heterocycles. The summed E-state index contributed by atoms with van der Waals surface area (Å²) < 4.78 is 6.38. The number of furan rings is 1. The zero-order chi connectivity index (χ0) is 31.5. The number of anilines is 3. The van der Waals surface area contributed by atoms with Crippen molar-refractivity contribution in [3.63, 3.8) is 0 Å². The summed E-state index contributed by atoms with van der Waals surface area (Å²) in [4.78, 5) is 12.5. The van der Waals surface area contributed by atoms with Crippen LogP contribution in [0.15, 0.2) is 156 Å². The third-order valence-corrected chi connectivity index (χ3v) is 9.47. The van der Waals surface area contributed by atoms with Crippen LogP contribution in [-0.4, -0.2) is 9.97 Å². The summed E-state index contributed by atoms with van der Waals surface area (Å²) in [6.07, 6.45) is 0. The summed E-state index contributed by atoms with van der Waals surface area (Å²) in [6.45, 7) is 4.63. The van der Waals surface area contributed by atoms with Crippen molar-refractivity contribution in [2.24, 2.45) is 0 Å². The minimum Gasteiger partial charge on any atom is -0.456 e. The predicted octanol–water partition coefficient (Wildman–Crippen LogP) is 11.5. The van der Waals surface area contributed by atoms with Gasteiger partial charge in [0.05, 0.1) is 22.8 Å². The lowest BCUT2D eigenvalue weighted by molar-refractivity contribution is 0.632. The van der Waals surface area contributed by atoms with Gasteiger partial charge in [-0.15, -0.1) is 0 Å². The Hall–Kier alpha value is -6.00. The molecule has 1 aliphatic rings. The molecule has 0 atom stereocenters. The van der Waals surface area contributed by atoms with Gasteiger partial charge in [-0.05, 0) is 65.7 Å². The first-order valence-electron chi connectivity index (χ1n) is 16.0. The fourth-order valence-corrected chi connectivity index (χ4v) is 7.08. The van der Waals surface area contributed by atoms with Crippen LogP contribution in [0.25, 0.3) is 55.8 Å². The number of benzene rings is 6. The summed E-state index contributed by atoms with van der Waals surface area (Å²) in [7, 11) is 0. The standard InChI is InChI=1S/C43H31N3O/c1-43(2)34-17-9-11-19-38(34)46(39-20-12-10-18-35(39)43)31-22-24-41-33(26-31)32-25-30(21-23-40(32)47-41)42-44-36(28-13-5-3-6-14-28)27-37(45-42)29-15-7-4-8-16-29/h3-27H,1-2H3. The lowest BCUT2D eigenvalue weighted by Gasteiger charge is -2.42. The van der Waals surface area contributed by atoms with Crippen molar-refractivity contribution in [1.82, 2.24) is 9.97 Å². The molecular formula is C43H31N3O. The van der Waals surface area contributed by atoms with Crippen LogP contribution in [0, 0.1) is 0 Å². The van der Waals surface area contributed by atoms with Crippen molar-refractivity contribution in [3.8, 4) is 33.9 Å². The molecule has 9 rings (SSSR count). The lowest BCUT2D eigenvalue weighted by atomic mass is 9.73. The Morgan fingerprint density at radius 1 is 0.489 bits per heavy atom. The number of aromatic nitrogens is 2. The van der Waals surface area contributed by atoms with E-state index in [-0.39, 0.29) is 5.41 Å². The molecule has 8 aromatic rings. The first-order chi connectivity index (χ1) is 23.0. The van der Waals surface area contributed by atoms with Crippen LogP contribution in [0.1, 0.15) is 25.0 Å². The van der Waals surface area contributed by atoms with Gasteiger partial charge in [0.1, 0.15) is 11.2 Å². The number of rotatable bonds is 4. The maximum atomic E-state index is 6.38. The zero-order valence-corrected chi connectivity index (χ0v) is 26.2. The summed E-state index contributed by atoms with van der Waals surface area (Å²) in [5, 5.41) is 2.09. The van der Waals surface area contributed by atoms with E-state index in [1.54, 1.807) is 0 Å². The fraction of sp³-hybridized carbons (Fsp3) is 0.0698. The van der Waals surface area contributed by atoms with Gasteiger partial charge in [-0.1, -0.05) is 111 Å². The monoisotopic (exact) mass is 605 g/mol. The molecule has 0 fully saturated rings. The van der Waals surface area contributed by atoms with Crippen molar-refractivity contribution in [1.29, 1.82) is 0 Å². The molecule has 0 saturated heterocycles. The van der Waals surface area contributed by atoms with E-state index >= 15 is 0 Å². The van der Waals surface area contributed by atoms with Crippen molar-refractivity contribution >= 4 is 39.0 Å². The van der Waals surface area contributed by atoms with Crippen LogP contribution in [0.5, 0.6) is 0 Å². The van der Waals surface area contributed by atoms with Gasteiger partial charge >= 0.3 is 0 Å². The topological polar surface area (TPSA) is 42.2 Å². The Labute approximate surface area is 273 Å². The van der Waals surface area contributed by atoms with Gasteiger partial charge in [0, 0.05) is 38.6 Å². The van der Waals surface area contributed by atoms with E-state index in [2.05, 4.69) is 128 Å². The second kappa shape index (κ2) is 10.5. The molecule has 0 radical (unpaired) electrons. The maximum absolute atomic E-state index is 6.38. The molecule has 0 unspecified atom stereocenters. The average Bonchev–Trinajstić information content (AvgIpc) is 3.50. The SMILES string of the molecule is CC1(C)c2ccccc2N(c2ccc3oc4ccc(-c5nc(-c6ccccc6)cc(-c6ccccc6)n5)cc4c3c2)c2ccccc21. The average molecular weight is 606 g/mol. The van der Waals surface area contributed by atoms with Gasteiger partial charge in [-0.2, -0.15) is 0 Å². The molecule has 0 aliphatic carbocycles. The Morgan fingerprint density at radius 3 is 1.60 bits per heavy atom. The lowest BCUT2D eigenvalue weighted by Crippen LogP contribution is -2.30. The molecule has 224 valence electrons. The summed E-state index contributed by atoms with van der Waals surface area (Å²) in [6, 6.07) is 52.9. The number of para-hydroxylation sites is 2. The van der Waals surface area contributed by atoms with Crippen LogP contribution >= 0.6 is 0 Å². The third kappa shape index (κ3) is 4.44. The Kier molecular flexibility index (Phi) is 6.12. The number of nitrogens with zero attached hydrogens (tertiary/aromatic N) is 3. The van der Waals surface area contributed by atoms with Crippen LogP contribution < -0.4 is 4.90 Å². The highest BCUT2D eigenvalue weighted by atomic mass is 16.3. The Bertz CT molecular complexity index is 2340. The molecule has 0 bridgehead atoms. The van der Waals surface area contributed by atoms with Gasteiger partial charge in [-0.3, -0.25) is 0 Å². The molecule has 4 nitrogen and oxygen atoms in total. The first kappa shape index (κ1) is 27.3. The highest BCUT2D eigenvalue weighted by Crippen LogP contribution is 2.52. The summed E-state index contributed by atoms with van der Waals surface area (Å²) >= 11 is 0. The quantitative estimate of drug-likeness (QED) is 0.200. The molecule has 0 amide bonds. The number of fused-ring (bicyclic) bond motifs is 5. The summed E-state index contributed by atoms with van der Waals surface area (Å²) in [5.41, 5.74) is 12.5. The zero-order valence-electron chi connectivity index (χ0n) is 26.2. The molecule has 1 aliphatic heterocycles. The van der Waals surface area contributed by atoms with Crippen molar-refractivity contribution < 1.29 is 4.42 Å². The highest BCUT2D eigenvalue weighted by Gasteiger charge is 2.36. The van der Waals surface area contributed by atoms with Gasteiger partial charge < -0.3 is 9.32 Å². The Balaban J connectivity index is 1.22. The van der Waals surface area contributed by atoms with E-state index in [9.17, 15) is 0 Å². The second-order valence-electron chi connectivity index (χ2n) is 12.7. The Morgan fingerprint density at radius 2 is 1.00 bits per heavy atom. The van der Waals surface area contributed by atoms with E-state index < -0.39 is 0 Å². The maximum Gasteiger partial charge on any atom is 0.160 e. The van der Waals surface area contributed by atoms with Crippen LogP contribution in [0.3, 0.4) is 0 Å². The first-order valence-corrected chi connectivity index (χ1v) is 16.0. The molecule has 0 saturated carbocycles. The molecule has 0 spiro atoms. The van der Waals surface area contributed by atoms with E-state index in [0.717, 1.165) is 55.7 Å². The van der Waals surface area contributed by atoms with E-state index in [4.69, 9.17) is 14.4 Å². The third-order valence-electron chi connectivity index (χ3n) is 9.47. The van der Waals surface area contributed by atoms with Crippen LogP contribution in [0.2, 0.25) is 0 Å².